The summed E-state index contributed by atoms with van der Waals surface area (Å²) in [6.07, 6.45) is 2.09. The predicted octanol–water partition coefficient (Wildman–Crippen LogP) is 6.28. The molecule has 1 heteroatoms. The summed E-state index contributed by atoms with van der Waals surface area (Å²) in [5.74, 6) is 0. The lowest BCUT2D eigenvalue weighted by Crippen LogP contribution is -1.95. The van der Waals surface area contributed by atoms with Crippen LogP contribution in [0.25, 0.3) is 21.8 Å². The third kappa shape index (κ3) is 2.84. The second-order valence-corrected chi connectivity index (χ2v) is 6.97. The zero-order valence-corrected chi connectivity index (χ0v) is 15.3. The molecule has 4 rings (SSSR count). The number of fused-ring (bicyclic) bond motifs is 3. The van der Waals surface area contributed by atoms with Crippen LogP contribution in [-0.2, 0) is 19.4 Å². The maximum absolute atomic E-state index is 2.43. The highest BCUT2D eigenvalue weighted by Crippen LogP contribution is 2.30. The van der Waals surface area contributed by atoms with Gasteiger partial charge in [0.25, 0.3) is 0 Å². The van der Waals surface area contributed by atoms with Gasteiger partial charge < -0.3 is 4.57 Å². The first kappa shape index (κ1) is 16.0. The molecule has 0 aliphatic rings. The highest BCUT2D eigenvalue weighted by atomic mass is 15.0. The van der Waals surface area contributed by atoms with E-state index in [0.717, 1.165) is 19.4 Å². The summed E-state index contributed by atoms with van der Waals surface area (Å²) in [5.41, 5.74) is 8.27. The van der Waals surface area contributed by atoms with E-state index in [1.165, 1.54) is 44.1 Å². The number of para-hydroxylation sites is 1. The molecular formula is C24H25N. The minimum absolute atomic E-state index is 0.996. The van der Waals surface area contributed by atoms with E-state index in [1.807, 2.05) is 0 Å². The van der Waals surface area contributed by atoms with E-state index in [9.17, 15) is 0 Å². The number of aryl methyl sites for hydroxylation is 3. The second kappa shape index (κ2) is 6.40. The lowest BCUT2D eigenvalue weighted by Gasteiger charge is -2.08. The largest absolute Gasteiger partial charge is 0.341 e. The second-order valence-electron chi connectivity index (χ2n) is 6.97. The Balaban J connectivity index is 1.81. The Morgan fingerprint density at radius 2 is 1.48 bits per heavy atom. The highest BCUT2D eigenvalue weighted by Gasteiger charge is 2.10. The number of nitrogens with zero attached hydrogens (tertiary/aromatic N) is 1. The van der Waals surface area contributed by atoms with Crippen molar-refractivity contribution in [3.63, 3.8) is 0 Å². The average Bonchev–Trinajstić information content (AvgIpc) is 2.94. The quantitative estimate of drug-likeness (QED) is 0.416. The van der Waals surface area contributed by atoms with Gasteiger partial charge in [-0.25, -0.2) is 0 Å². The molecule has 0 spiro atoms. The molecule has 0 N–H and O–H groups in total. The van der Waals surface area contributed by atoms with Gasteiger partial charge in [0, 0.05) is 28.4 Å². The van der Waals surface area contributed by atoms with Crippen molar-refractivity contribution < 1.29 is 0 Å². The lowest BCUT2D eigenvalue weighted by atomic mass is 9.98. The van der Waals surface area contributed by atoms with Crippen molar-refractivity contribution in [2.75, 3.05) is 0 Å². The van der Waals surface area contributed by atoms with E-state index in [0.29, 0.717) is 0 Å². The van der Waals surface area contributed by atoms with E-state index in [4.69, 9.17) is 0 Å². The summed E-state index contributed by atoms with van der Waals surface area (Å²) < 4.78 is 2.43. The molecular weight excluding hydrogens is 302 g/mol. The molecule has 0 fully saturated rings. The fourth-order valence-electron chi connectivity index (χ4n) is 4.04. The minimum Gasteiger partial charge on any atom is -0.341 e. The molecule has 0 radical (unpaired) electrons. The van der Waals surface area contributed by atoms with Crippen LogP contribution in [0.1, 0.15) is 36.1 Å². The van der Waals surface area contributed by atoms with Gasteiger partial charge in [0.2, 0.25) is 0 Å². The van der Waals surface area contributed by atoms with Crippen LogP contribution in [0.15, 0.2) is 60.7 Å². The molecule has 0 saturated heterocycles. The van der Waals surface area contributed by atoms with Gasteiger partial charge in [0.15, 0.2) is 0 Å². The summed E-state index contributed by atoms with van der Waals surface area (Å²) in [7, 11) is 0. The molecule has 126 valence electrons. The Kier molecular flexibility index (Phi) is 4.09. The Bertz CT molecular complexity index is 1050. The van der Waals surface area contributed by atoms with Crippen molar-refractivity contribution in [3.8, 4) is 0 Å². The van der Waals surface area contributed by atoms with E-state index in [1.54, 1.807) is 0 Å². The summed E-state index contributed by atoms with van der Waals surface area (Å²) in [6, 6.07) is 22.7. The molecule has 25 heavy (non-hydrogen) atoms. The van der Waals surface area contributed by atoms with Crippen molar-refractivity contribution in [1.82, 2.24) is 4.57 Å². The normalized spacial score (nSPS) is 11.5. The Morgan fingerprint density at radius 1 is 0.720 bits per heavy atom. The topological polar surface area (TPSA) is 4.93 Å². The maximum atomic E-state index is 2.43. The third-order valence-electron chi connectivity index (χ3n) is 5.17. The standard InChI is InChI=1S/C24H25N/c1-4-18-12-17(3)13-20(14-18)15-19-10-11-22-21-8-6-7-9-23(21)25(5-2)24(22)16-19/h6-14,16H,4-5,15H2,1-3H3. The van der Waals surface area contributed by atoms with Crippen LogP contribution in [0.3, 0.4) is 0 Å². The summed E-state index contributed by atoms with van der Waals surface area (Å²) in [5, 5.41) is 2.72. The minimum atomic E-state index is 0.996. The van der Waals surface area contributed by atoms with Gasteiger partial charge in [0.1, 0.15) is 0 Å². The van der Waals surface area contributed by atoms with Crippen molar-refractivity contribution in [2.24, 2.45) is 0 Å². The molecule has 1 heterocycles. The zero-order chi connectivity index (χ0) is 17.4. The van der Waals surface area contributed by atoms with Crippen molar-refractivity contribution in [2.45, 2.75) is 40.2 Å². The molecule has 4 aromatic rings. The fourth-order valence-corrected chi connectivity index (χ4v) is 4.04. The van der Waals surface area contributed by atoms with E-state index >= 15 is 0 Å². The van der Waals surface area contributed by atoms with Crippen LogP contribution >= 0.6 is 0 Å². The van der Waals surface area contributed by atoms with Gasteiger partial charge >= 0.3 is 0 Å². The summed E-state index contributed by atoms with van der Waals surface area (Å²) in [6.45, 7) is 7.65. The SMILES string of the molecule is CCc1cc(C)cc(Cc2ccc3c4ccccc4n(CC)c3c2)c1. The monoisotopic (exact) mass is 327 g/mol. The van der Waals surface area contributed by atoms with Crippen molar-refractivity contribution >= 4 is 21.8 Å². The molecule has 1 aromatic heterocycles. The van der Waals surface area contributed by atoms with Gasteiger partial charge in [-0.2, -0.15) is 0 Å². The molecule has 0 bridgehead atoms. The molecule has 3 aromatic carbocycles. The van der Waals surface area contributed by atoms with Crippen LogP contribution in [0.5, 0.6) is 0 Å². The average molecular weight is 327 g/mol. The first-order valence-electron chi connectivity index (χ1n) is 9.29. The number of aromatic nitrogens is 1. The van der Waals surface area contributed by atoms with Gasteiger partial charge in [0.05, 0.1) is 0 Å². The number of hydrogen-bond acceptors (Lipinski definition) is 0. The highest BCUT2D eigenvalue weighted by molar-refractivity contribution is 6.08. The van der Waals surface area contributed by atoms with Crippen LogP contribution in [0.2, 0.25) is 0 Å². The van der Waals surface area contributed by atoms with Crippen LogP contribution < -0.4 is 0 Å². The molecule has 0 unspecified atom stereocenters. The van der Waals surface area contributed by atoms with Crippen LogP contribution in [0, 0.1) is 6.92 Å². The number of hydrogen-bond donors (Lipinski definition) is 0. The zero-order valence-electron chi connectivity index (χ0n) is 15.3. The van der Waals surface area contributed by atoms with Gasteiger partial charge in [-0.1, -0.05) is 61.0 Å². The van der Waals surface area contributed by atoms with Crippen LogP contribution in [-0.4, -0.2) is 4.57 Å². The summed E-state index contributed by atoms with van der Waals surface area (Å²) in [4.78, 5) is 0. The fraction of sp³-hybridized carbons (Fsp3) is 0.250. The molecule has 1 nitrogen and oxygen atoms in total. The summed E-state index contributed by atoms with van der Waals surface area (Å²) >= 11 is 0. The number of benzene rings is 3. The maximum Gasteiger partial charge on any atom is 0.0494 e. The Labute approximate surface area is 149 Å². The molecule has 0 aliphatic carbocycles. The molecule has 0 atom stereocenters. The van der Waals surface area contributed by atoms with Gasteiger partial charge in [-0.15, -0.1) is 0 Å². The Morgan fingerprint density at radius 3 is 2.28 bits per heavy atom. The molecule has 0 saturated carbocycles. The van der Waals surface area contributed by atoms with Gasteiger partial charge in [-0.05, 0) is 55.5 Å². The van der Waals surface area contributed by atoms with Gasteiger partial charge in [-0.3, -0.25) is 0 Å². The van der Waals surface area contributed by atoms with E-state index < -0.39 is 0 Å². The predicted molar refractivity (Wildman–Crippen MR) is 108 cm³/mol. The first-order chi connectivity index (χ1) is 12.2. The van der Waals surface area contributed by atoms with Crippen molar-refractivity contribution in [1.29, 1.82) is 0 Å². The first-order valence-corrected chi connectivity index (χ1v) is 9.29. The molecule has 0 amide bonds. The van der Waals surface area contributed by atoms with Crippen molar-refractivity contribution in [3.05, 3.63) is 82.9 Å². The number of rotatable bonds is 4. The smallest absolute Gasteiger partial charge is 0.0494 e. The van der Waals surface area contributed by atoms with Crippen LogP contribution in [0.4, 0.5) is 0 Å². The van der Waals surface area contributed by atoms with E-state index in [2.05, 4.69) is 86.0 Å². The molecule has 0 aliphatic heterocycles. The lowest BCUT2D eigenvalue weighted by molar-refractivity contribution is 0.826. The third-order valence-corrected chi connectivity index (χ3v) is 5.17. The van der Waals surface area contributed by atoms with E-state index in [-0.39, 0.29) is 0 Å². The Hall–Kier alpha value is -2.54.